The topological polar surface area (TPSA) is 82.0 Å². The smallest absolute Gasteiger partial charge is 0.287 e. The fourth-order valence-electron chi connectivity index (χ4n) is 0.813. The summed E-state index contributed by atoms with van der Waals surface area (Å²) < 4.78 is 0. The van der Waals surface area contributed by atoms with E-state index >= 15 is 0 Å². The van der Waals surface area contributed by atoms with Crippen LogP contribution in [0.25, 0.3) is 0 Å². The third-order valence-corrected chi connectivity index (χ3v) is 1.35. The van der Waals surface area contributed by atoms with Crippen molar-refractivity contribution in [3.63, 3.8) is 0 Å². The fraction of sp³-hybridized carbons (Fsp3) is 0.286. The Morgan fingerprint density at radius 2 is 2.50 bits per heavy atom. The van der Waals surface area contributed by atoms with Crippen molar-refractivity contribution in [2.75, 3.05) is 6.54 Å². The zero-order chi connectivity index (χ0) is 8.97. The van der Waals surface area contributed by atoms with E-state index in [4.69, 9.17) is 5.73 Å². The summed E-state index contributed by atoms with van der Waals surface area (Å²) in [5.41, 5.74) is 5.93. The fourth-order valence-corrected chi connectivity index (χ4v) is 0.813. The molecular weight excluding hydrogens is 158 g/mol. The van der Waals surface area contributed by atoms with Gasteiger partial charge in [-0.3, -0.25) is 10.1 Å². The molecule has 0 bridgehead atoms. The zero-order valence-electron chi connectivity index (χ0n) is 6.36. The number of aromatic nitrogens is 1. The summed E-state index contributed by atoms with van der Waals surface area (Å²) in [6, 6.07) is 1.43. The summed E-state index contributed by atoms with van der Waals surface area (Å²) in [6.07, 6.45) is 4.36. The maximum atomic E-state index is 10.3. The van der Waals surface area contributed by atoms with Gasteiger partial charge in [0.2, 0.25) is 0 Å². The monoisotopic (exact) mass is 166 g/mol. The molecule has 1 rings (SSSR count). The Bertz CT molecular complexity index is 288. The lowest BCUT2D eigenvalue weighted by Gasteiger charge is -1.95. The predicted molar refractivity (Wildman–Crippen MR) is 42.5 cm³/mol. The maximum Gasteiger partial charge on any atom is 0.287 e. The van der Waals surface area contributed by atoms with E-state index in [-0.39, 0.29) is 5.69 Å². The van der Waals surface area contributed by atoms with Gasteiger partial charge in [0.25, 0.3) is 5.69 Å². The van der Waals surface area contributed by atoms with Crippen molar-refractivity contribution in [2.45, 2.75) is 6.42 Å². The van der Waals surface area contributed by atoms with E-state index in [1.807, 2.05) is 0 Å². The number of hydrogen-bond donors (Lipinski definition) is 1. The zero-order valence-corrected chi connectivity index (χ0v) is 6.36. The molecule has 0 atom stereocenters. The molecule has 1 heterocycles. The normalized spacial score (nSPS) is 9.75. The number of nitrogens with two attached hydrogens (primary N) is 1. The molecule has 0 aliphatic heterocycles. The standard InChI is InChI=1S/C7H8N3O2/c8-2-1-6-3-7(10(11)12)5-9-4-6/h3,5H,1-2,8H2. The Hall–Kier alpha value is -1.49. The molecule has 1 radical (unpaired) electrons. The Kier molecular flexibility index (Phi) is 2.71. The van der Waals surface area contributed by atoms with Gasteiger partial charge in [-0.2, -0.15) is 0 Å². The Morgan fingerprint density at radius 1 is 1.75 bits per heavy atom. The minimum atomic E-state index is -0.485. The summed E-state index contributed by atoms with van der Waals surface area (Å²) in [6.45, 7) is 0.444. The van der Waals surface area contributed by atoms with E-state index in [1.54, 1.807) is 0 Å². The van der Waals surface area contributed by atoms with Gasteiger partial charge >= 0.3 is 0 Å². The van der Waals surface area contributed by atoms with Crippen LogP contribution in [0, 0.1) is 16.3 Å². The summed E-state index contributed by atoms with van der Waals surface area (Å²) in [5.74, 6) is 0. The molecule has 0 saturated carbocycles. The molecule has 12 heavy (non-hydrogen) atoms. The van der Waals surface area contributed by atoms with Crippen LogP contribution in [0.15, 0.2) is 12.3 Å². The highest BCUT2D eigenvalue weighted by Crippen LogP contribution is 2.10. The van der Waals surface area contributed by atoms with E-state index < -0.39 is 4.92 Å². The highest BCUT2D eigenvalue weighted by Gasteiger charge is 2.05. The average Bonchev–Trinajstić information content (AvgIpc) is 2.05. The van der Waals surface area contributed by atoms with Gasteiger partial charge in [0.1, 0.15) is 6.20 Å². The van der Waals surface area contributed by atoms with Crippen molar-refractivity contribution in [3.05, 3.63) is 34.1 Å². The van der Waals surface area contributed by atoms with E-state index in [0.29, 0.717) is 18.5 Å². The van der Waals surface area contributed by atoms with E-state index in [1.165, 1.54) is 12.3 Å². The van der Waals surface area contributed by atoms with Crippen molar-refractivity contribution in [1.82, 2.24) is 4.98 Å². The van der Waals surface area contributed by atoms with Crippen LogP contribution < -0.4 is 5.73 Å². The SMILES string of the molecule is NCCc1[c]ncc([N+](=O)[O-])c1. The number of hydrogen-bond acceptors (Lipinski definition) is 4. The van der Waals surface area contributed by atoms with Gasteiger partial charge in [-0.15, -0.1) is 0 Å². The first kappa shape index (κ1) is 8.61. The Morgan fingerprint density at radius 3 is 3.08 bits per heavy atom. The van der Waals surface area contributed by atoms with Crippen molar-refractivity contribution in [2.24, 2.45) is 5.73 Å². The molecule has 0 aliphatic carbocycles. The lowest BCUT2D eigenvalue weighted by molar-refractivity contribution is -0.385. The third-order valence-electron chi connectivity index (χ3n) is 1.35. The predicted octanol–water partition coefficient (Wildman–Crippen LogP) is 0.291. The summed E-state index contributed by atoms with van der Waals surface area (Å²) in [5, 5.41) is 10.3. The van der Waals surface area contributed by atoms with E-state index in [9.17, 15) is 10.1 Å². The molecule has 0 aromatic carbocycles. The molecule has 63 valence electrons. The lowest BCUT2D eigenvalue weighted by Crippen LogP contribution is -2.03. The van der Waals surface area contributed by atoms with E-state index in [2.05, 4.69) is 11.2 Å². The van der Waals surface area contributed by atoms with Gasteiger partial charge < -0.3 is 5.73 Å². The van der Waals surface area contributed by atoms with Crippen LogP contribution >= 0.6 is 0 Å². The molecule has 0 unspecified atom stereocenters. The van der Waals surface area contributed by atoms with Crippen molar-refractivity contribution < 1.29 is 4.92 Å². The first-order chi connectivity index (χ1) is 5.74. The number of nitrogens with zero attached hydrogens (tertiary/aromatic N) is 2. The molecule has 0 spiro atoms. The van der Waals surface area contributed by atoms with E-state index in [0.717, 1.165) is 0 Å². The largest absolute Gasteiger partial charge is 0.330 e. The average molecular weight is 166 g/mol. The number of pyridine rings is 1. The second-order valence-corrected chi connectivity index (χ2v) is 2.26. The van der Waals surface area contributed by atoms with Crippen LogP contribution in [-0.4, -0.2) is 16.5 Å². The van der Waals surface area contributed by atoms with Crippen LogP contribution in [-0.2, 0) is 6.42 Å². The van der Waals surface area contributed by atoms with Crippen molar-refractivity contribution >= 4 is 5.69 Å². The van der Waals surface area contributed by atoms with Crippen LogP contribution in [0.3, 0.4) is 0 Å². The molecular formula is C7H8N3O2. The van der Waals surface area contributed by atoms with Gasteiger partial charge in [-0.1, -0.05) is 0 Å². The minimum absolute atomic E-state index is 0.0165. The van der Waals surface area contributed by atoms with Crippen molar-refractivity contribution in [1.29, 1.82) is 0 Å². The summed E-state index contributed by atoms with van der Waals surface area (Å²) in [4.78, 5) is 13.4. The van der Waals surface area contributed by atoms with Gasteiger partial charge in [0, 0.05) is 6.07 Å². The second kappa shape index (κ2) is 3.77. The highest BCUT2D eigenvalue weighted by molar-refractivity contribution is 5.29. The third kappa shape index (κ3) is 2.00. The van der Waals surface area contributed by atoms with Crippen molar-refractivity contribution in [3.8, 4) is 0 Å². The molecule has 0 fully saturated rings. The molecule has 0 amide bonds. The summed E-state index contributed by atoms with van der Waals surface area (Å²) in [7, 11) is 0. The molecule has 1 aromatic heterocycles. The van der Waals surface area contributed by atoms with Crippen LogP contribution in [0.5, 0.6) is 0 Å². The molecule has 1 aromatic rings. The summed E-state index contributed by atoms with van der Waals surface area (Å²) >= 11 is 0. The van der Waals surface area contributed by atoms with Gasteiger partial charge in [-0.05, 0) is 18.5 Å². The van der Waals surface area contributed by atoms with Gasteiger partial charge in [0.15, 0.2) is 0 Å². The lowest BCUT2D eigenvalue weighted by atomic mass is 10.2. The van der Waals surface area contributed by atoms with Crippen LogP contribution in [0.2, 0.25) is 0 Å². The number of nitro groups is 1. The minimum Gasteiger partial charge on any atom is -0.330 e. The Balaban J connectivity index is 2.88. The van der Waals surface area contributed by atoms with Crippen LogP contribution in [0.4, 0.5) is 5.69 Å². The first-order valence-corrected chi connectivity index (χ1v) is 3.45. The molecule has 0 aliphatic rings. The van der Waals surface area contributed by atoms with Crippen LogP contribution in [0.1, 0.15) is 5.56 Å². The quantitative estimate of drug-likeness (QED) is 0.516. The maximum absolute atomic E-state index is 10.3. The second-order valence-electron chi connectivity index (χ2n) is 2.26. The molecule has 2 N–H and O–H groups in total. The molecule has 5 heteroatoms. The molecule has 0 saturated heterocycles. The number of rotatable bonds is 3. The first-order valence-electron chi connectivity index (χ1n) is 3.45. The molecule has 5 nitrogen and oxygen atoms in total. The Labute approximate surface area is 69.4 Å². The highest BCUT2D eigenvalue weighted by atomic mass is 16.6. The van der Waals surface area contributed by atoms with Gasteiger partial charge in [-0.25, -0.2) is 4.98 Å². The van der Waals surface area contributed by atoms with Gasteiger partial charge in [0.05, 0.1) is 11.1 Å².